The summed E-state index contributed by atoms with van der Waals surface area (Å²) in [6, 6.07) is 0. The largest absolute Gasteiger partial charge is 0.394 e. The van der Waals surface area contributed by atoms with Gasteiger partial charge < -0.3 is 76.2 Å². The van der Waals surface area contributed by atoms with Crippen molar-refractivity contribution >= 4 is 0 Å². The zero-order chi connectivity index (χ0) is 39.3. The first-order valence-electron chi connectivity index (χ1n) is 19.5. The van der Waals surface area contributed by atoms with Crippen LogP contribution < -0.4 is 0 Å². The van der Waals surface area contributed by atoms with Crippen molar-refractivity contribution in [1.29, 1.82) is 0 Å². The number of rotatable bonds is 47. The highest BCUT2D eigenvalue weighted by Crippen LogP contribution is 2.12. The zero-order valence-corrected chi connectivity index (χ0v) is 34.1. The molecule has 0 unspecified atom stereocenters. The summed E-state index contributed by atoms with van der Waals surface area (Å²) in [6.07, 6.45) is 0. The van der Waals surface area contributed by atoms with Crippen LogP contribution in [0.4, 0.5) is 0 Å². The third-order valence-corrected chi connectivity index (χ3v) is 7.09. The fourth-order valence-corrected chi connectivity index (χ4v) is 4.18. The van der Waals surface area contributed by atoms with Gasteiger partial charge in [0.15, 0.2) is 0 Å². The minimum absolute atomic E-state index is 0.00339. The molecule has 0 aromatic rings. The molecule has 0 saturated heterocycles. The predicted octanol–water partition coefficient (Wildman–Crippen LogP) is 0.958. The van der Waals surface area contributed by atoms with Gasteiger partial charge in [0, 0.05) is 25.7 Å². The lowest BCUT2D eigenvalue weighted by Crippen LogP contribution is -2.45. The van der Waals surface area contributed by atoms with Gasteiger partial charge >= 0.3 is 0 Å². The molecule has 0 spiro atoms. The fraction of sp³-hybridized carbons (Fsp3) is 1.00. The number of aliphatic hydroxyl groups is 1. The minimum Gasteiger partial charge on any atom is -0.394 e. The first-order valence-corrected chi connectivity index (χ1v) is 19.5. The third kappa shape index (κ3) is 44.0. The number of hydrogen-bond acceptors (Lipinski definition) is 17. The van der Waals surface area contributed by atoms with Crippen LogP contribution >= 0.6 is 0 Å². The van der Waals surface area contributed by atoms with Crippen LogP contribution in [0.25, 0.3) is 0 Å². The molecule has 0 aromatic carbocycles. The standard InChI is InChI=1S/C37H77NO16/c1-37(2,3)38(5-8-41-13-16-45-21-24-49-29-32-53-34-31-51-26-23-47-18-15-43-10-7-39)6-9-42-14-17-46-22-25-50-30-33-54-36-35-52-28-27-48-20-19-44-12-11-40-4/h39H,5-36H2,1-4H3. The van der Waals surface area contributed by atoms with Crippen LogP contribution in [-0.4, -0.2) is 234 Å². The van der Waals surface area contributed by atoms with Gasteiger partial charge in [-0.3, -0.25) is 4.90 Å². The SMILES string of the molecule is COCCOCCOCCOCCOCCOCCOCCOCCN(CCOCCOCCOCCOCCOCCOCCOCCO)C(C)(C)C. The van der Waals surface area contributed by atoms with E-state index in [1.54, 1.807) is 7.11 Å². The van der Waals surface area contributed by atoms with Gasteiger partial charge in [-0.05, 0) is 20.8 Å². The van der Waals surface area contributed by atoms with E-state index in [9.17, 15) is 0 Å². The molecule has 326 valence electrons. The summed E-state index contributed by atoms with van der Waals surface area (Å²) in [4.78, 5) is 2.35. The molecular formula is C37H77NO16. The molecule has 54 heavy (non-hydrogen) atoms. The van der Waals surface area contributed by atoms with Crippen molar-refractivity contribution < 1.29 is 76.2 Å². The summed E-state index contributed by atoms with van der Waals surface area (Å²) < 4.78 is 81.8. The van der Waals surface area contributed by atoms with Crippen molar-refractivity contribution in [2.75, 3.05) is 218 Å². The molecule has 0 aliphatic heterocycles. The van der Waals surface area contributed by atoms with E-state index in [2.05, 4.69) is 25.7 Å². The highest BCUT2D eigenvalue weighted by Gasteiger charge is 2.20. The smallest absolute Gasteiger partial charge is 0.0701 e. The van der Waals surface area contributed by atoms with Gasteiger partial charge in [-0.1, -0.05) is 0 Å². The quantitative estimate of drug-likeness (QED) is 0.0867. The van der Waals surface area contributed by atoms with Crippen LogP contribution in [0.5, 0.6) is 0 Å². The summed E-state index contributed by atoms with van der Waals surface area (Å²) in [7, 11) is 1.65. The van der Waals surface area contributed by atoms with Crippen molar-refractivity contribution in [2.45, 2.75) is 26.3 Å². The van der Waals surface area contributed by atoms with Crippen molar-refractivity contribution in [3.8, 4) is 0 Å². The summed E-state index contributed by atoms with van der Waals surface area (Å²) in [5.74, 6) is 0. The second-order valence-electron chi connectivity index (χ2n) is 12.4. The van der Waals surface area contributed by atoms with Gasteiger partial charge in [-0.25, -0.2) is 0 Å². The summed E-state index contributed by atoms with van der Waals surface area (Å²) in [5, 5.41) is 8.61. The third-order valence-electron chi connectivity index (χ3n) is 7.09. The average molecular weight is 792 g/mol. The Morgan fingerprint density at radius 2 is 0.481 bits per heavy atom. The topological polar surface area (TPSA) is 162 Å². The Balaban J connectivity index is 3.41. The molecule has 0 amide bonds. The number of aliphatic hydroxyl groups excluding tert-OH is 1. The van der Waals surface area contributed by atoms with E-state index in [-0.39, 0.29) is 12.1 Å². The Morgan fingerprint density at radius 1 is 0.296 bits per heavy atom. The second-order valence-corrected chi connectivity index (χ2v) is 12.4. The number of nitrogens with zero attached hydrogens (tertiary/aromatic N) is 1. The van der Waals surface area contributed by atoms with Gasteiger partial charge in [0.05, 0.1) is 198 Å². The van der Waals surface area contributed by atoms with Crippen LogP contribution in [0.2, 0.25) is 0 Å². The lowest BCUT2D eigenvalue weighted by molar-refractivity contribution is -0.0256. The first kappa shape index (κ1) is 53.3. The number of hydrogen-bond donors (Lipinski definition) is 1. The monoisotopic (exact) mass is 792 g/mol. The average Bonchev–Trinajstić information content (AvgIpc) is 3.15. The molecule has 0 atom stereocenters. The van der Waals surface area contributed by atoms with Gasteiger partial charge in [-0.2, -0.15) is 0 Å². The summed E-state index contributed by atoms with van der Waals surface area (Å²) in [6.45, 7) is 23.3. The maximum absolute atomic E-state index is 8.61. The Labute approximate surface area is 325 Å². The molecule has 0 fully saturated rings. The maximum Gasteiger partial charge on any atom is 0.0701 e. The lowest BCUT2D eigenvalue weighted by atomic mass is 10.1. The van der Waals surface area contributed by atoms with Crippen LogP contribution in [0.15, 0.2) is 0 Å². The molecule has 17 nitrogen and oxygen atoms in total. The predicted molar refractivity (Wildman–Crippen MR) is 202 cm³/mol. The molecule has 1 N–H and O–H groups in total. The number of methoxy groups -OCH3 is 1. The maximum atomic E-state index is 8.61. The molecule has 0 saturated carbocycles. The highest BCUT2D eigenvalue weighted by molar-refractivity contribution is 4.75. The first-order chi connectivity index (χ1) is 26.5. The van der Waals surface area contributed by atoms with E-state index in [1.807, 2.05) is 0 Å². The van der Waals surface area contributed by atoms with Crippen molar-refractivity contribution in [2.24, 2.45) is 0 Å². The number of ether oxygens (including phenoxy) is 15. The van der Waals surface area contributed by atoms with Crippen LogP contribution in [-0.2, 0) is 71.1 Å². The van der Waals surface area contributed by atoms with E-state index in [4.69, 9.17) is 76.2 Å². The molecule has 0 heterocycles. The van der Waals surface area contributed by atoms with Crippen molar-refractivity contribution in [3.05, 3.63) is 0 Å². The zero-order valence-electron chi connectivity index (χ0n) is 34.1. The molecule has 0 rings (SSSR count). The van der Waals surface area contributed by atoms with Gasteiger partial charge in [0.25, 0.3) is 0 Å². The molecule has 0 aliphatic rings. The Hall–Kier alpha value is -0.680. The Bertz CT molecular complexity index is 695. The minimum atomic E-state index is 0.00339. The van der Waals surface area contributed by atoms with Crippen molar-refractivity contribution in [3.63, 3.8) is 0 Å². The summed E-state index contributed by atoms with van der Waals surface area (Å²) >= 11 is 0. The molecule has 0 radical (unpaired) electrons. The molecule has 0 aromatic heterocycles. The highest BCUT2D eigenvalue weighted by atomic mass is 16.6. The van der Waals surface area contributed by atoms with E-state index >= 15 is 0 Å². The van der Waals surface area contributed by atoms with Gasteiger partial charge in [0.2, 0.25) is 0 Å². The van der Waals surface area contributed by atoms with E-state index < -0.39 is 0 Å². The molecule has 0 aliphatic carbocycles. The second kappa shape index (κ2) is 45.0. The summed E-state index contributed by atoms with van der Waals surface area (Å²) in [5.41, 5.74) is 0.00339. The van der Waals surface area contributed by atoms with Crippen molar-refractivity contribution in [1.82, 2.24) is 4.90 Å². The lowest BCUT2D eigenvalue weighted by Gasteiger charge is -2.35. The fourth-order valence-electron chi connectivity index (χ4n) is 4.18. The van der Waals surface area contributed by atoms with Gasteiger partial charge in [0.1, 0.15) is 0 Å². The molecular weight excluding hydrogens is 714 g/mol. The van der Waals surface area contributed by atoms with Crippen LogP contribution in [0.3, 0.4) is 0 Å². The van der Waals surface area contributed by atoms with E-state index in [1.165, 1.54) is 0 Å². The van der Waals surface area contributed by atoms with E-state index in [0.29, 0.717) is 192 Å². The van der Waals surface area contributed by atoms with Gasteiger partial charge in [-0.15, -0.1) is 0 Å². The Kier molecular flexibility index (Phi) is 44.5. The normalized spacial score (nSPS) is 12.1. The van der Waals surface area contributed by atoms with Crippen LogP contribution in [0.1, 0.15) is 20.8 Å². The Morgan fingerprint density at radius 3 is 0.667 bits per heavy atom. The molecule has 0 bridgehead atoms. The van der Waals surface area contributed by atoms with E-state index in [0.717, 1.165) is 13.1 Å². The van der Waals surface area contributed by atoms with Crippen LogP contribution in [0, 0.1) is 0 Å². The molecule has 17 heteroatoms.